The van der Waals surface area contributed by atoms with Gasteiger partial charge in [0.05, 0.1) is 15.7 Å². The van der Waals surface area contributed by atoms with Crippen LogP contribution in [-0.4, -0.2) is 26.0 Å². The Morgan fingerprint density at radius 1 is 1.16 bits per heavy atom. The smallest absolute Gasteiger partial charge is 0.159 e. The Morgan fingerprint density at radius 2 is 1.68 bits per heavy atom. The van der Waals surface area contributed by atoms with Crippen molar-refractivity contribution in [2.75, 3.05) is 25.1 Å². The van der Waals surface area contributed by atoms with E-state index in [9.17, 15) is 0 Å². The first-order valence-electron chi connectivity index (χ1n) is 6.20. The maximum Gasteiger partial charge on any atom is 0.159 e. The van der Waals surface area contributed by atoms with E-state index in [2.05, 4.69) is 21.2 Å². The van der Waals surface area contributed by atoms with Gasteiger partial charge in [-0.2, -0.15) is 0 Å². The second kappa shape index (κ2) is 9.03. The minimum Gasteiger partial charge on any atom is -0.382 e. The molecular weight excluding hydrogens is 353 g/mol. The summed E-state index contributed by atoms with van der Waals surface area (Å²) < 4.78 is 11.8. The molecule has 0 aromatic heterocycles. The molecule has 19 heavy (non-hydrogen) atoms. The van der Waals surface area contributed by atoms with Crippen LogP contribution in [0.25, 0.3) is 0 Å². The quantitative estimate of drug-likeness (QED) is 0.656. The van der Waals surface area contributed by atoms with Crippen LogP contribution in [0.2, 0.25) is 10.0 Å². The van der Waals surface area contributed by atoms with Crippen LogP contribution >= 0.6 is 39.1 Å². The van der Waals surface area contributed by atoms with Gasteiger partial charge in [0.2, 0.25) is 0 Å². The lowest BCUT2D eigenvalue weighted by Crippen LogP contribution is -2.21. The lowest BCUT2D eigenvalue weighted by molar-refractivity contribution is -0.137. The van der Waals surface area contributed by atoms with Gasteiger partial charge in [-0.3, -0.25) is 0 Å². The fourth-order valence-electron chi connectivity index (χ4n) is 1.61. The van der Waals surface area contributed by atoms with Gasteiger partial charge in [-0.25, -0.2) is 0 Å². The average molecular weight is 371 g/mol. The molecule has 0 aliphatic carbocycles. The maximum atomic E-state index is 6.13. The SMILES string of the molecule is CCOC(CCNc1c(Cl)cc(Br)cc1Cl)OCC. The Kier molecular flexibility index (Phi) is 8.11. The molecule has 0 radical (unpaired) electrons. The molecule has 0 fully saturated rings. The largest absolute Gasteiger partial charge is 0.382 e. The molecule has 1 aromatic carbocycles. The molecule has 0 saturated heterocycles. The Labute approximate surface area is 132 Å². The van der Waals surface area contributed by atoms with Crippen LogP contribution < -0.4 is 5.32 Å². The van der Waals surface area contributed by atoms with Crippen molar-refractivity contribution in [3.63, 3.8) is 0 Å². The summed E-state index contributed by atoms with van der Waals surface area (Å²) >= 11 is 15.6. The number of benzene rings is 1. The van der Waals surface area contributed by atoms with Gasteiger partial charge in [0.25, 0.3) is 0 Å². The first-order chi connectivity index (χ1) is 9.08. The molecule has 1 N–H and O–H groups in total. The van der Waals surface area contributed by atoms with Crippen molar-refractivity contribution in [3.05, 3.63) is 26.7 Å². The van der Waals surface area contributed by atoms with Gasteiger partial charge >= 0.3 is 0 Å². The molecule has 0 bridgehead atoms. The summed E-state index contributed by atoms with van der Waals surface area (Å²) in [5.41, 5.74) is 0.735. The molecule has 0 heterocycles. The van der Waals surface area contributed by atoms with Crippen molar-refractivity contribution in [1.29, 1.82) is 0 Å². The molecule has 0 aliphatic heterocycles. The van der Waals surface area contributed by atoms with E-state index >= 15 is 0 Å². The Hall–Kier alpha value is -0.0000000000000000763. The van der Waals surface area contributed by atoms with Crippen LogP contribution in [-0.2, 0) is 9.47 Å². The van der Waals surface area contributed by atoms with Gasteiger partial charge in [-0.05, 0) is 26.0 Å². The second-order valence-electron chi connectivity index (χ2n) is 3.80. The fourth-order valence-corrected chi connectivity index (χ4v) is 2.95. The standard InChI is InChI=1S/C13H18BrCl2NO2/c1-3-18-12(19-4-2)5-6-17-13-10(15)7-9(14)8-11(13)16/h7-8,12,17H,3-6H2,1-2H3. The topological polar surface area (TPSA) is 30.5 Å². The van der Waals surface area contributed by atoms with Crippen LogP contribution in [0.15, 0.2) is 16.6 Å². The van der Waals surface area contributed by atoms with Gasteiger partial charge < -0.3 is 14.8 Å². The molecule has 0 aliphatic rings. The van der Waals surface area contributed by atoms with Gasteiger partial charge in [-0.1, -0.05) is 39.1 Å². The Morgan fingerprint density at radius 3 is 2.16 bits per heavy atom. The fraction of sp³-hybridized carbons (Fsp3) is 0.538. The minimum atomic E-state index is -0.199. The molecule has 0 amide bonds. The molecule has 0 atom stereocenters. The van der Waals surface area contributed by atoms with E-state index in [1.807, 2.05) is 13.8 Å². The van der Waals surface area contributed by atoms with E-state index in [4.69, 9.17) is 32.7 Å². The van der Waals surface area contributed by atoms with Gasteiger partial charge in [-0.15, -0.1) is 0 Å². The molecule has 3 nitrogen and oxygen atoms in total. The number of ether oxygens (including phenoxy) is 2. The molecular formula is C13H18BrCl2NO2. The highest BCUT2D eigenvalue weighted by Gasteiger charge is 2.10. The zero-order valence-electron chi connectivity index (χ0n) is 11.0. The summed E-state index contributed by atoms with van der Waals surface area (Å²) in [5.74, 6) is 0. The number of halogens is 3. The van der Waals surface area contributed by atoms with Crippen molar-refractivity contribution in [3.8, 4) is 0 Å². The van der Waals surface area contributed by atoms with E-state index < -0.39 is 0 Å². The summed E-state index contributed by atoms with van der Waals surface area (Å²) in [5, 5.41) is 4.38. The van der Waals surface area contributed by atoms with E-state index in [0.29, 0.717) is 29.8 Å². The van der Waals surface area contributed by atoms with Crippen LogP contribution in [0, 0.1) is 0 Å². The predicted octanol–water partition coefficient (Wildman–Crippen LogP) is 4.96. The van der Waals surface area contributed by atoms with Gasteiger partial charge in [0.15, 0.2) is 6.29 Å². The van der Waals surface area contributed by atoms with Gasteiger partial charge in [0.1, 0.15) is 0 Å². The van der Waals surface area contributed by atoms with E-state index in [-0.39, 0.29) is 6.29 Å². The van der Waals surface area contributed by atoms with Crippen molar-refractivity contribution in [2.24, 2.45) is 0 Å². The lowest BCUT2D eigenvalue weighted by Gasteiger charge is -2.18. The van der Waals surface area contributed by atoms with Crippen molar-refractivity contribution in [1.82, 2.24) is 0 Å². The molecule has 6 heteroatoms. The van der Waals surface area contributed by atoms with Crippen LogP contribution in [0.1, 0.15) is 20.3 Å². The highest BCUT2D eigenvalue weighted by molar-refractivity contribution is 9.10. The number of rotatable bonds is 8. The van der Waals surface area contributed by atoms with Crippen LogP contribution in [0.4, 0.5) is 5.69 Å². The van der Waals surface area contributed by atoms with Crippen LogP contribution in [0.3, 0.4) is 0 Å². The Balaban J connectivity index is 2.52. The maximum absolute atomic E-state index is 6.13. The molecule has 0 unspecified atom stereocenters. The van der Waals surface area contributed by atoms with E-state index in [1.165, 1.54) is 0 Å². The first-order valence-corrected chi connectivity index (χ1v) is 7.75. The van der Waals surface area contributed by atoms with Crippen molar-refractivity contribution < 1.29 is 9.47 Å². The minimum absolute atomic E-state index is 0.199. The highest BCUT2D eigenvalue weighted by atomic mass is 79.9. The van der Waals surface area contributed by atoms with E-state index in [1.54, 1.807) is 12.1 Å². The summed E-state index contributed by atoms with van der Waals surface area (Å²) in [6, 6.07) is 3.61. The monoisotopic (exact) mass is 369 g/mol. The summed E-state index contributed by atoms with van der Waals surface area (Å²) in [4.78, 5) is 0. The molecule has 0 saturated carbocycles. The van der Waals surface area contributed by atoms with Gasteiger partial charge in [0, 0.05) is 30.7 Å². The molecule has 108 valence electrons. The predicted molar refractivity (Wildman–Crippen MR) is 84.3 cm³/mol. The zero-order chi connectivity index (χ0) is 14.3. The number of nitrogens with one attached hydrogen (secondary N) is 1. The lowest BCUT2D eigenvalue weighted by atomic mass is 10.3. The number of anilines is 1. The molecule has 0 spiro atoms. The summed E-state index contributed by atoms with van der Waals surface area (Å²) in [6.07, 6.45) is 0.528. The first kappa shape index (κ1) is 17.1. The third-order valence-electron chi connectivity index (χ3n) is 2.39. The van der Waals surface area contributed by atoms with Crippen molar-refractivity contribution in [2.45, 2.75) is 26.6 Å². The average Bonchev–Trinajstić information content (AvgIpc) is 2.32. The number of hydrogen-bond acceptors (Lipinski definition) is 3. The normalized spacial score (nSPS) is 11.1. The van der Waals surface area contributed by atoms with Crippen LogP contribution in [0.5, 0.6) is 0 Å². The van der Waals surface area contributed by atoms with E-state index in [0.717, 1.165) is 16.6 Å². The highest BCUT2D eigenvalue weighted by Crippen LogP contribution is 2.33. The third kappa shape index (κ3) is 5.88. The van der Waals surface area contributed by atoms with Crippen molar-refractivity contribution >= 4 is 44.8 Å². The number of hydrogen-bond donors (Lipinski definition) is 1. The third-order valence-corrected chi connectivity index (χ3v) is 3.45. The zero-order valence-corrected chi connectivity index (χ0v) is 14.1. The molecule has 1 aromatic rings. The summed E-state index contributed by atoms with van der Waals surface area (Å²) in [7, 11) is 0. The summed E-state index contributed by atoms with van der Waals surface area (Å²) in [6.45, 7) is 5.82. The second-order valence-corrected chi connectivity index (χ2v) is 5.53. The molecule has 1 rings (SSSR count). The Bertz CT molecular complexity index is 375.